The van der Waals surface area contributed by atoms with Gasteiger partial charge in [-0.25, -0.2) is 19.0 Å². The van der Waals surface area contributed by atoms with Gasteiger partial charge in [0.1, 0.15) is 18.5 Å². The summed E-state index contributed by atoms with van der Waals surface area (Å²) in [6, 6.07) is 2.46. The molecule has 1 aliphatic rings. The second-order valence-corrected chi connectivity index (χ2v) is 8.45. The molecule has 2 aromatic heterocycles. The molecule has 9 nitrogen and oxygen atoms in total. The van der Waals surface area contributed by atoms with Crippen LogP contribution in [0.5, 0.6) is 0 Å². The summed E-state index contributed by atoms with van der Waals surface area (Å²) < 4.78 is 69.3. The van der Waals surface area contributed by atoms with E-state index in [4.69, 9.17) is 0 Å². The number of halogens is 5. The van der Waals surface area contributed by atoms with Crippen LogP contribution in [0.25, 0.3) is 22.0 Å². The number of alkyl halides is 4. The van der Waals surface area contributed by atoms with Crippen LogP contribution in [0.1, 0.15) is 18.9 Å². The van der Waals surface area contributed by atoms with Crippen molar-refractivity contribution < 1.29 is 36.3 Å². The number of pyridine rings is 1. The van der Waals surface area contributed by atoms with Crippen LogP contribution in [-0.4, -0.2) is 51.1 Å². The minimum Gasteiger partial charge on any atom is -0.338 e. The number of aromatic nitrogens is 2. The highest BCUT2D eigenvalue weighted by Gasteiger charge is 2.35. The van der Waals surface area contributed by atoms with Gasteiger partial charge in [0.25, 0.3) is 5.56 Å². The lowest BCUT2D eigenvalue weighted by atomic mass is 10.0. The van der Waals surface area contributed by atoms with Crippen LogP contribution >= 0.6 is 0 Å². The molecule has 1 unspecified atom stereocenters. The van der Waals surface area contributed by atoms with Crippen molar-refractivity contribution in [3.05, 3.63) is 58.4 Å². The maximum Gasteiger partial charge on any atom is 0.419 e. The fourth-order valence-corrected chi connectivity index (χ4v) is 4.09. The lowest BCUT2D eigenvalue weighted by molar-refractivity contribution is -0.140. The highest BCUT2D eigenvalue weighted by molar-refractivity contribution is 6.01. The number of likely N-dealkylation sites (tertiary alicyclic amines) is 1. The van der Waals surface area contributed by atoms with Gasteiger partial charge in [0, 0.05) is 31.4 Å². The summed E-state index contributed by atoms with van der Waals surface area (Å²) in [4.78, 5) is 51.1. The van der Waals surface area contributed by atoms with Crippen molar-refractivity contribution in [2.75, 3.05) is 13.1 Å². The largest absolute Gasteiger partial charge is 0.419 e. The van der Waals surface area contributed by atoms with Crippen molar-refractivity contribution >= 4 is 28.7 Å². The number of fused-ring (bicyclic) bond motifs is 1. The Kier molecular flexibility index (Phi) is 6.76. The number of benzene rings is 1. The summed E-state index contributed by atoms with van der Waals surface area (Å²) in [7, 11) is 0. The normalized spacial score (nSPS) is 15.7. The van der Waals surface area contributed by atoms with Crippen LogP contribution in [0.4, 0.5) is 26.7 Å². The zero-order valence-electron chi connectivity index (χ0n) is 19.2. The van der Waals surface area contributed by atoms with Gasteiger partial charge < -0.3 is 9.47 Å². The van der Waals surface area contributed by atoms with E-state index in [2.05, 4.69) is 10.9 Å². The molecule has 14 heteroatoms. The number of hydrogen-bond donors (Lipinski definition) is 2. The van der Waals surface area contributed by atoms with Crippen LogP contribution in [0.3, 0.4) is 0 Å². The first-order valence-corrected chi connectivity index (χ1v) is 11.0. The van der Waals surface area contributed by atoms with Gasteiger partial charge in [-0.3, -0.25) is 24.4 Å². The first-order valence-electron chi connectivity index (χ1n) is 11.0. The SMILES string of the molecule is CC(=O)NNC(=O)n1cc(-c2ccc(F)c(C(F)(F)F)c2)c2c(=O)n(CC(=O)N3CCC(F)C3)ccc21. The zero-order chi connectivity index (χ0) is 27.1. The Labute approximate surface area is 205 Å². The number of carbonyl (C=O) groups excluding carboxylic acids is 3. The molecule has 3 amide bonds. The van der Waals surface area contributed by atoms with Gasteiger partial charge >= 0.3 is 12.2 Å². The van der Waals surface area contributed by atoms with E-state index in [9.17, 15) is 41.1 Å². The minimum atomic E-state index is -5.03. The van der Waals surface area contributed by atoms with Crippen LogP contribution < -0.4 is 16.4 Å². The summed E-state index contributed by atoms with van der Waals surface area (Å²) in [5.74, 6) is -2.67. The molecule has 1 atom stereocenters. The number of nitrogens with zero attached hydrogens (tertiary/aromatic N) is 3. The fraction of sp³-hybridized carbons (Fsp3) is 0.304. The molecule has 3 heterocycles. The molecule has 0 radical (unpaired) electrons. The second kappa shape index (κ2) is 9.67. The molecule has 1 fully saturated rings. The van der Waals surface area contributed by atoms with Crippen molar-refractivity contribution in [2.45, 2.75) is 32.2 Å². The number of carbonyl (C=O) groups is 3. The Morgan fingerprint density at radius 2 is 1.86 bits per heavy atom. The maximum absolute atomic E-state index is 13.9. The molecule has 2 N–H and O–H groups in total. The zero-order valence-corrected chi connectivity index (χ0v) is 19.2. The molecule has 0 spiro atoms. The first kappa shape index (κ1) is 25.9. The third-order valence-electron chi connectivity index (χ3n) is 5.87. The average molecular weight is 525 g/mol. The molecule has 37 heavy (non-hydrogen) atoms. The van der Waals surface area contributed by atoms with Gasteiger partial charge in [-0.05, 0) is 30.2 Å². The standard InChI is InChI=1S/C23H20F5N5O4/c1-12(34)29-30-22(37)33-10-15(13-2-3-17(25)16(8-13)23(26,27)28)20-18(33)5-7-32(21(20)36)11-19(35)31-6-4-14(24)9-31/h2-3,5,7-8,10,14H,4,6,9,11H2,1H3,(H,29,34)(H,30,37). The van der Waals surface area contributed by atoms with E-state index >= 15 is 0 Å². The molecule has 3 aromatic rings. The van der Waals surface area contributed by atoms with Crippen LogP contribution in [-0.2, 0) is 22.3 Å². The Balaban J connectivity index is 1.85. The van der Waals surface area contributed by atoms with E-state index in [0.29, 0.717) is 12.1 Å². The second-order valence-electron chi connectivity index (χ2n) is 8.45. The van der Waals surface area contributed by atoms with Gasteiger partial charge in [-0.2, -0.15) is 13.2 Å². The van der Waals surface area contributed by atoms with Crippen LogP contribution in [0.15, 0.2) is 41.5 Å². The van der Waals surface area contributed by atoms with Crippen LogP contribution in [0, 0.1) is 5.82 Å². The number of hydrazine groups is 1. The molecule has 0 bridgehead atoms. The molecular formula is C23H20F5N5O4. The molecule has 4 rings (SSSR count). The quantitative estimate of drug-likeness (QED) is 0.405. The van der Waals surface area contributed by atoms with Crippen molar-refractivity contribution in [3.8, 4) is 11.1 Å². The summed E-state index contributed by atoms with van der Waals surface area (Å²) >= 11 is 0. The predicted octanol–water partition coefficient (Wildman–Crippen LogP) is 2.81. The topological polar surface area (TPSA) is 105 Å². The van der Waals surface area contributed by atoms with Crippen molar-refractivity contribution in [2.24, 2.45) is 0 Å². The Bertz CT molecular complexity index is 1460. The molecule has 0 aliphatic carbocycles. The third-order valence-corrected chi connectivity index (χ3v) is 5.87. The van der Waals surface area contributed by atoms with E-state index in [1.165, 1.54) is 17.2 Å². The molecule has 0 saturated carbocycles. The number of amides is 3. The van der Waals surface area contributed by atoms with E-state index in [-0.39, 0.29) is 41.5 Å². The van der Waals surface area contributed by atoms with Crippen LogP contribution in [0.2, 0.25) is 0 Å². The van der Waals surface area contributed by atoms with Gasteiger partial charge in [-0.1, -0.05) is 6.07 Å². The lowest BCUT2D eigenvalue weighted by Crippen LogP contribution is -2.42. The van der Waals surface area contributed by atoms with Gasteiger partial charge in [0.15, 0.2) is 0 Å². The molecular weight excluding hydrogens is 505 g/mol. The summed E-state index contributed by atoms with van der Waals surface area (Å²) in [5, 5.41) is -0.224. The molecule has 196 valence electrons. The number of nitrogens with one attached hydrogen (secondary N) is 2. The molecule has 1 aromatic carbocycles. The van der Waals surface area contributed by atoms with Crippen molar-refractivity contribution in [1.29, 1.82) is 0 Å². The summed E-state index contributed by atoms with van der Waals surface area (Å²) in [5.41, 5.74) is 1.35. The predicted molar refractivity (Wildman–Crippen MR) is 120 cm³/mol. The summed E-state index contributed by atoms with van der Waals surface area (Å²) in [6.07, 6.45) is -3.76. The van der Waals surface area contributed by atoms with Crippen molar-refractivity contribution in [1.82, 2.24) is 24.9 Å². The third kappa shape index (κ3) is 5.17. The number of rotatable bonds is 3. The van der Waals surface area contributed by atoms with Gasteiger partial charge in [0.2, 0.25) is 11.8 Å². The lowest BCUT2D eigenvalue weighted by Gasteiger charge is -2.16. The highest BCUT2D eigenvalue weighted by Crippen LogP contribution is 2.36. The Morgan fingerprint density at radius 1 is 1.14 bits per heavy atom. The smallest absolute Gasteiger partial charge is 0.338 e. The van der Waals surface area contributed by atoms with E-state index in [1.807, 2.05) is 0 Å². The average Bonchev–Trinajstić information content (AvgIpc) is 3.43. The van der Waals surface area contributed by atoms with Gasteiger partial charge in [-0.15, -0.1) is 0 Å². The number of hydrogen-bond acceptors (Lipinski definition) is 4. The van der Waals surface area contributed by atoms with E-state index < -0.39 is 53.7 Å². The van der Waals surface area contributed by atoms with E-state index in [1.54, 1.807) is 0 Å². The van der Waals surface area contributed by atoms with Gasteiger partial charge in [0.05, 0.1) is 23.0 Å². The van der Waals surface area contributed by atoms with Crippen molar-refractivity contribution in [3.63, 3.8) is 0 Å². The van der Waals surface area contributed by atoms with E-state index in [0.717, 1.165) is 28.3 Å². The minimum absolute atomic E-state index is 0.0468. The fourth-order valence-electron chi connectivity index (χ4n) is 4.09. The Morgan fingerprint density at radius 3 is 2.49 bits per heavy atom. The Hall–Kier alpha value is -4.23. The highest BCUT2D eigenvalue weighted by atomic mass is 19.4. The summed E-state index contributed by atoms with van der Waals surface area (Å²) in [6.45, 7) is 0.716. The monoisotopic (exact) mass is 525 g/mol. The molecule has 1 saturated heterocycles. The first-order chi connectivity index (χ1) is 17.4. The molecule has 1 aliphatic heterocycles. The maximum atomic E-state index is 13.9.